The van der Waals surface area contributed by atoms with Crippen LogP contribution in [0.4, 0.5) is 5.69 Å². The minimum atomic E-state index is -1.00. The second-order valence-corrected chi connectivity index (χ2v) is 7.55. The zero-order valence-electron chi connectivity index (χ0n) is 14.3. The van der Waals surface area contributed by atoms with Gasteiger partial charge in [0.2, 0.25) is 0 Å². The molecule has 130 valence electrons. The number of halogens is 1. The number of amidine groups is 1. The highest BCUT2D eigenvalue weighted by atomic mass is 79.9. The predicted octanol–water partition coefficient (Wildman–Crippen LogP) is 3.72. The van der Waals surface area contributed by atoms with Crippen molar-refractivity contribution in [3.8, 4) is 5.75 Å². The number of rotatable bonds is 3. The zero-order valence-corrected chi connectivity index (χ0v) is 15.9. The molecule has 0 saturated heterocycles. The maximum absolute atomic E-state index is 11.6. The largest absolute Gasteiger partial charge is 0.497 e. The molecule has 2 aromatic rings. The molecule has 4 rings (SSSR count). The molecule has 0 amide bonds. The van der Waals surface area contributed by atoms with Gasteiger partial charge >= 0.3 is 0 Å². The van der Waals surface area contributed by atoms with Crippen molar-refractivity contribution in [2.24, 2.45) is 0 Å². The van der Waals surface area contributed by atoms with Crippen LogP contribution in [0.1, 0.15) is 24.8 Å². The minimum Gasteiger partial charge on any atom is -0.497 e. The molecule has 0 radical (unpaired) electrons. The van der Waals surface area contributed by atoms with Gasteiger partial charge in [0.1, 0.15) is 11.4 Å². The van der Waals surface area contributed by atoms with E-state index in [2.05, 4.69) is 37.5 Å². The van der Waals surface area contributed by atoms with Crippen molar-refractivity contribution in [1.29, 1.82) is 0 Å². The Hall–Kier alpha value is -1.85. The first-order valence-electron chi connectivity index (χ1n) is 8.65. The number of aliphatic hydroxyl groups is 1. The highest BCUT2D eigenvalue weighted by Crippen LogP contribution is 2.36. The Bertz CT molecular complexity index is 801. The molecule has 0 saturated carbocycles. The summed E-state index contributed by atoms with van der Waals surface area (Å²) >= 11 is 3.50. The van der Waals surface area contributed by atoms with Crippen LogP contribution in [0, 0.1) is 0 Å². The molecule has 5 heteroatoms. The molecule has 1 N–H and O–H groups in total. The van der Waals surface area contributed by atoms with Crippen molar-refractivity contribution >= 4 is 27.5 Å². The number of hydrogen-bond acceptors (Lipinski definition) is 3. The van der Waals surface area contributed by atoms with Crippen LogP contribution in [-0.2, 0) is 5.72 Å². The average Bonchev–Trinajstić information content (AvgIpc) is 2.97. The van der Waals surface area contributed by atoms with Crippen LogP contribution in [0.25, 0.3) is 0 Å². The number of methoxy groups -OCH3 is 1. The molecule has 0 unspecified atom stereocenters. The van der Waals surface area contributed by atoms with Crippen molar-refractivity contribution in [3.05, 3.63) is 58.6 Å². The molecule has 2 aromatic carbocycles. The number of nitrogens with zero attached hydrogens (tertiary/aromatic N) is 2. The fraction of sp³-hybridized carbons (Fsp3) is 0.350. The molecule has 1 atom stereocenters. The van der Waals surface area contributed by atoms with Crippen LogP contribution < -0.4 is 9.64 Å². The Kier molecular flexibility index (Phi) is 4.29. The van der Waals surface area contributed by atoms with E-state index in [0.717, 1.165) is 47.3 Å². The Morgan fingerprint density at radius 3 is 2.48 bits per heavy atom. The van der Waals surface area contributed by atoms with Gasteiger partial charge in [0.15, 0.2) is 6.54 Å². The van der Waals surface area contributed by atoms with Crippen LogP contribution in [-0.4, -0.2) is 35.7 Å². The Labute approximate surface area is 156 Å². The Morgan fingerprint density at radius 2 is 1.80 bits per heavy atom. The molecule has 0 spiro atoms. The topological polar surface area (TPSA) is 35.7 Å². The number of β-amino-alcohol motifs (C(OH)–C–C–N with tert-alkyl or cyclic N) is 1. The SMILES string of the molecule is COc1ccc([C@]2(O)CN(c3ccc(Br)cc3)C3=[N+]2CCCC3)cc1. The van der Waals surface area contributed by atoms with Gasteiger partial charge in [-0.1, -0.05) is 15.9 Å². The lowest BCUT2D eigenvalue weighted by Crippen LogP contribution is -2.41. The van der Waals surface area contributed by atoms with Crippen molar-refractivity contribution in [2.75, 3.05) is 25.1 Å². The summed E-state index contributed by atoms with van der Waals surface area (Å²) in [5, 5.41) is 11.6. The summed E-state index contributed by atoms with van der Waals surface area (Å²) in [7, 11) is 1.66. The molecule has 0 bridgehead atoms. The fourth-order valence-corrected chi connectivity index (χ4v) is 4.12. The zero-order chi connectivity index (χ0) is 17.4. The second kappa shape index (κ2) is 6.46. The van der Waals surface area contributed by atoms with Gasteiger partial charge < -0.3 is 9.84 Å². The normalized spacial score (nSPS) is 22.9. The summed E-state index contributed by atoms with van der Waals surface area (Å²) in [6.45, 7) is 1.42. The standard InChI is InChI=1S/C20H22BrN2O2/c1-25-18-11-5-15(6-12-18)20(24)14-22(17-9-7-16(21)8-10-17)19-4-2-3-13-23(19)20/h5-12,24H,2-4,13-14H2,1H3/q+1/t20-/m1/s1. The number of benzene rings is 2. The van der Waals surface area contributed by atoms with E-state index in [-0.39, 0.29) is 0 Å². The minimum absolute atomic E-state index is 0.538. The molecule has 0 aromatic heterocycles. The quantitative estimate of drug-likeness (QED) is 0.796. The van der Waals surface area contributed by atoms with Crippen molar-refractivity contribution in [3.63, 3.8) is 0 Å². The van der Waals surface area contributed by atoms with E-state index in [0.29, 0.717) is 6.54 Å². The lowest BCUT2D eigenvalue weighted by Gasteiger charge is -2.24. The Morgan fingerprint density at radius 1 is 1.08 bits per heavy atom. The van der Waals surface area contributed by atoms with Gasteiger partial charge in [-0.2, -0.15) is 0 Å². The molecule has 2 aliphatic heterocycles. The first kappa shape index (κ1) is 16.6. The summed E-state index contributed by atoms with van der Waals surface area (Å²) in [4.78, 5) is 2.26. The van der Waals surface area contributed by atoms with Crippen LogP contribution >= 0.6 is 15.9 Å². The first-order chi connectivity index (χ1) is 12.1. The smallest absolute Gasteiger partial charge is 0.271 e. The van der Waals surface area contributed by atoms with E-state index < -0.39 is 5.72 Å². The van der Waals surface area contributed by atoms with Gasteiger partial charge in [-0.3, -0.25) is 0 Å². The van der Waals surface area contributed by atoms with E-state index in [1.165, 1.54) is 5.84 Å². The summed E-state index contributed by atoms with van der Waals surface area (Å²) in [5.41, 5.74) is 1.02. The lowest BCUT2D eigenvalue weighted by atomic mass is 10.0. The number of hydrogen-bond donors (Lipinski definition) is 1. The van der Waals surface area contributed by atoms with Crippen LogP contribution in [0.15, 0.2) is 53.0 Å². The molecule has 4 nitrogen and oxygen atoms in total. The van der Waals surface area contributed by atoms with Crippen LogP contribution in [0.5, 0.6) is 5.75 Å². The van der Waals surface area contributed by atoms with E-state index in [9.17, 15) is 5.11 Å². The maximum atomic E-state index is 11.6. The molecule has 0 fully saturated rings. The van der Waals surface area contributed by atoms with Gasteiger partial charge in [-0.25, -0.2) is 9.48 Å². The third-order valence-electron chi connectivity index (χ3n) is 5.17. The maximum Gasteiger partial charge on any atom is 0.271 e. The summed E-state index contributed by atoms with van der Waals surface area (Å²) < 4.78 is 8.50. The second-order valence-electron chi connectivity index (χ2n) is 6.63. The molecular formula is C20H22BrN2O2+. The summed E-state index contributed by atoms with van der Waals surface area (Å²) in [6.07, 6.45) is 3.27. The van der Waals surface area contributed by atoms with Gasteiger partial charge in [0.05, 0.1) is 13.7 Å². The molecule has 2 aliphatic rings. The Balaban J connectivity index is 1.76. The van der Waals surface area contributed by atoms with Crippen LogP contribution in [0.3, 0.4) is 0 Å². The summed E-state index contributed by atoms with van der Waals surface area (Å²) in [5.74, 6) is 2.02. The van der Waals surface area contributed by atoms with Gasteiger partial charge in [-0.05, 0) is 61.4 Å². The highest BCUT2D eigenvalue weighted by molar-refractivity contribution is 9.10. The fourth-order valence-electron chi connectivity index (χ4n) is 3.86. The predicted molar refractivity (Wildman–Crippen MR) is 102 cm³/mol. The molecule has 2 heterocycles. The molecular weight excluding hydrogens is 380 g/mol. The third-order valence-corrected chi connectivity index (χ3v) is 5.70. The van der Waals surface area contributed by atoms with Crippen molar-refractivity contribution in [2.45, 2.75) is 25.0 Å². The number of anilines is 1. The first-order valence-corrected chi connectivity index (χ1v) is 9.44. The van der Waals surface area contributed by atoms with Gasteiger partial charge in [0, 0.05) is 16.5 Å². The van der Waals surface area contributed by atoms with Gasteiger partial charge in [-0.15, -0.1) is 0 Å². The van der Waals surface area contributed by atoms with E-state index in [1.54, 1.807) is 7.11 Å². The molecule has 25 heavy (non-hydrogen) atoms. The van der Waals surface area contributed by atoms with Gasteiger partial charge in [0.25, 0.3) is 11.6 Å². The van der Waals surface area contributed by atoms with E-state index >= 15 is 0 Å². The van der Waals surface area contributed by atoms with Crippen molar-refractivity contribution in [1.82, 2.24) is 0 Å². The number of ether oxygens (including phenoxy) is 1. The van der Waals surface area contributed by atoms with E-state index in [1.807, 2.05) is 36.4 Å². The monoisotopic (exact) mass is 401 g/mol. The highest BCUT2D eigenvalue weighted by Gasteiger charge is 2.52. The average molecular weight is 402 g/mol. The van der Waals surface area contributed by atoms with E-state index in [4.69, 9.17) is 4.74 Å². The third kappa shape index (κ3) is 2.85. The van der Waals surface area contributed by atoms with Crippen LogP contribution in [0.2, 0.25) is 0 Å². The lowest BCUT2D eigenvalue weighted by molar-refractivity contribution is -0.661. The molecule has 0 aliphatic carbocycles. The summed E-state index contributed by atoms with van der Waals surface area (Å²) in [6, 6.07) is 16.1. The van der Waals surface area contributed by atoms with Crippen molar-refractivity contribution < 1.29 is 14.4 Å².